The molecule has 0 radical (unpaired) electrons. The van der Waals surface area contributed by atoms with Crippen LogP contribution in [0.4, 0.5) is 0 Å². The Morgan fingerprint density at radius 1 is 0.739 bits per heavy atom. The molecule has 1 aliphatic heterocycles. The highest BCUT2D eigenvalue weighted by molar-refractivity contribution is 5.00. The first kappa shape index (κ1) is 18.9. The minimum Gasteiger partial charge on any atom is -0.394 e. The molecule has 1 saturated carbocycles. The van der Waals surface area contributed by atoms with Gasteiger partial charge in [-0.3, -0.25) is 0 Å². The summed E-state index contributed by atoms with van der Waals surface area (Å²) in [5, 5.41) is 77.1. The van der Waals surface area contributed by atoms with E-state index in [-0.39, 0.29) is 0 Å². The van der Waals surface area contributed by atoms with Gasteiger partial charge in [-0.05, 0) is 0 Å². The minimum absolute atomic E-state index is 0.648. The molecule has 11 nitrogen and oxygen atoms in total. The average molecular weight is 341 g/mol. The maximum absolute atomic E-state index is 9.89. The monoisotopic (exact) mass is 341 g/mol. The Bertz CT molecular complexity index is 382. The number of rotatable bonds is 3. The molecule has 2 fully saturated rings. The summed E-state index contributed by atoms with van der Waals surface area (Å²) in [4.78, 5) is 0. The van der Waals surface area contributed by atoms with Gasteiger partial charge in [-0.25, -0.2) is 0 Å². The van der Waals surface area contributed by atoms with Gasteiger partial charge in [-0.1, -0.05) is 0 Å². The number of aliphatic hydroxyl groups excluding tert-OH is 8. The summed E-state index contributed by atoms with van der Waals surface area (Å²) >= 11 is 0. The Balaban J connectivity index is 2.13. The van der Waals surface area contributed by atoms with Gasteiger partial charge in [0.1, 0.15) is 54.9 Å². The molecule has 0 bridgehead atoms. The molecule has 2 unspecified atom stereocenters. The fraction of sp³-hybridized carbons (Fsp3) is 1.00. The van der Waals surface area contributed by atoms with E-state index in [1.54, 1.807) is 0 Å². The first-order valence-electron chi connectivity index (χ1n) is 7.14. The average Bonchev–Trinajstić information content (AvgIpc) is 2.54. The minimum atomic E-state index is -1.79. The van der Waals surface area contributed by atoms with Gasteiger partial charge in [0.25, 0.3) is 0 Å². The zero-order chi connectivity index (χ0) is 17.5. The van der Waals surface area contributed by atoms with Crippen LogP contribution in [-0.2, 0) is 9.47 Å². The van der Waals surface area contributed by atoms with Crippen LogP contribution in [0.25, 0.3) is 0 Å². The molecule has 136 valence electrons. The summed E-state index contributed by atoms with van der Waals surface area (Å²) < 4.78 is 10.4. The lowest BCUT2D eigenvalue weighted by Gasteiger charge is -2.46. The van der Waals surface area contributed by atoms with Crippen molar-refractivity contribution in [3.05, 3.63) is 0 Å². The second kappa shape index (κ2) is 7.21. The fourth-order valence-corrected chi connectivity index (χ4v) is 2.74. The topological polar surface area (TPSA) is 206 Å². The van der Waals surface area contributed by atoms with Crippen LogP contribution in [0.3, 0.4) is 0 Å². The van der Waals surface area contributed by atoms with Gasteiger partial charge in [-0.2, -0.15) is 0 Å². The number of nitrogens with two attached hydrogens (primary N) is 1. The summed E-state index contributed by atoms with van der Waals surface area (Å²) in [5.41, 5.74) is 5.66. The standard InChI is InChI=1S/C12H23NO10/c13-3-5(16)4(15)2(1-14)22-12(3)23-11-9(20)7(18)6(17)8(19)10(11)21/h2-12,14-21H,1,13H2/t2-,3-,4+,5-,6?,7-,8+,9-,10-,11?,12-/m1/s1. The second-order valence-electron chi connectivity index (χ2n) is 5.84. The molecule has 2 rings (SSSR count). The summed E-state index contributed by atoms with van der Waals surface area (Å²) in [5.74, 6) is 0. The quantitative estimate of drug-likeness (QED) is 0.236. The van der Waals surface area contributed by atoms with Crippen LogP contribution in [0.2, 0.25) is 0 Å². The summed E-state index contributed by atoms with van der Waals surface area (Å²) in [6.45, 7) is -0.648. The van der Waals surface area contributed by atoms with Gasteiger partial charge < -0.3 is 56.1 Å². The van der Waals surface area contributed by atoms with Crippen LogP contribution in [0.5, 0.6) is 0 Å². The van der Waals surface area contributed by atoms with Crippen LogP contribution in [0, 0.1) is 0 Å². The molecule has 0 aromatic heterocycles. The molecule has 0 spiro atoms. The van der Waals surface area contributed by atoms with Crippen molar-refractivity contribution >= 4 is 0 Å². The van der Waals surface area contributed by atoms with E-state index in [0.717, 1.165) is 0 Å². The third kappa shape index (κ3) is 3.36. The normalized spacial score (nSPS) is 54.9. The molecule has 11 atom stereocenters. The van der Waals surface area contributed by atoms with Crippen molar-refractivity contribution in [1.29, 1.82) is 0 Å². The highest BCUT2D eigenvalue weighted by Gasteiger charge is 2.52. The number of aliphatic hydroxyl groups is 8. The van der Waals surface area contributed by atoms with Crippen LogP contribution < -0.4 is 5.73 Å². The Kier molecular flexibility index (Phi) is 5.92. The van der Waals surface area contributed by atoms with Gasteiger partial charge in [-0.15, -0.1) is 0 Å². The van der Waals surface area contributed by atoms with Gasteiger partial charge in [0.15, 0.2) is 6.29 Å². The smallest absolute Gasteiger partial charge is 0.176 e. The molecule has 1 aliphatic carbocycles. The summed E-state index contributed by atoms with van der Waals surface area (Å²) in [6.07, 6.45) is -16.1. The van der Waals surface area contributed by atoms with Gasteiger partial charge in [0.05, 0.1) is 12.6 Å². The van der Waals surface area contributed by atoms with E-state index in [9.17, 15) is 35.7 Å². The lowest BCUT2D eigenvalue weighted by Crippen LogP contribution is -2.68. The van der Waals surface area contributed by atoms with Crippen LogP contribution in [0.1, 0.15) is 0 Å². The van der Waals surface area contributed by atoms with Crippen LogP contribution >= 0.6 is 0 Å². The lowest BCUT2D eigenvalue weighted by molar-refractivity contribution is -0.316. The maximum atomic E-state index is 9.89. The highest BCUT2D eigenvalue weighted by atomic mass is 16.7. The Morgan fingerprint density at radius 2 is 1.22 bits per heavy atom. The molecular weight excluding hydrogens is 318 g/mol. The van der Waals surface area contributed by atoms with Gasteiger partial charge >= 0.3 is 0 Å². The number of hydrogen-bond acceptors (Lipinski definition) is 11. The molecule has 23 heavy (non-hydrogen) atoms. The molecule has 0 aromatic carbocycles. The van der Waals surface area contributed by atoms with Gasteiger partial charge in [0.2, 0.25) is 0 Å². The Labute approximate surface area is 131 Å². The van der Waals surface area contributed by atoms with Crippen molar-refractivity contribution < 1.29 is 50.3 Å². The first-order valence-corrected chi connectivity index (χ1v) is 7.14. The van der Waals surface area contributed by atoms with E-state index >= 15 is 0 Å². The highest BCUT2D eigenvalue weighted by Crippen LogP contribution is 2.28. The zero-order valence-corrected chi connectivity index (χ0v) is 12.0. The molecule has 1 saturated heterocycles. The zero-order valence-electron chi connectivity index (χ0n) is 12.0. The van der Waals surface area contributed by atoms with Crippen LogP contribution in [0.15, 0.2) is 0 Å². The van der Waals surface area contributed by atoms with E-state index in [0.29, 0.717) is 0 Å². The van der Waals surface area contributed by atoms with E-state index in [2.05, 4.69) is 0 Å². The van der Waals surface area contributed by atoms with Crippen molar-refractivity contribution in [2.45, 2.75) is 67.3 Å². The molecular formula is C12H23NO10. The molecule has 0 amide bonds. The molecule has 11 heteroatoms. The second-order valence-corrected chi connectivity index (χ2v) is 5.84. The van der Waals surface area contributed by atoms with E-state index in [4.69, 9.17) is 20.3 Å². The Hall–Kier alpha value is -0.440. The van der Waals surface area contributed by atoms with Crippen molar-refractivity contribution in [3.63, 3.8) is 0 Å². The van der Waals surface area contributed by atoms with Crippen LogP contribution in [-0.4, -0.2) is 115 Å². The van der Waals surface area contributed by atoms with Crippen molar-refractivity contribution in [2.24, 2.45) is 5.73 Å². The van der Waals surface area contributed by atoms with Crippen molar-refractivity contribution in [1.82, 2.24) is 0 Å². The van der Waals surface area contributed by atoms with E-state index in [1.165, 1.54) is 0 Å². The van der Waals surface area contributed by atoms with Gasteiger partial charge in [0, 0.05) is 0 Å². The SMILES string of the molecule is N[C@H]1[C@@H](OC2[C@H](O)[C@H](O)C(O)[C@H](O)[C@H]2O)O[C@H](CO)[C@H](O)[C@@H]1O. The fourth-order valence-electron chi connectivity index (χ4n) is 2.74. The summed E-state index contributed by atoms with van der Waals surface area (Å²) in [7, 11) is 0. The molecule has 0 aromatic rings. The predicted octanol–water partition coefficient (Wildman–Crippen LogP) is -6.04. The summed E-state index contributed by atoms with van der Waals surface area (Å²) in [6, 6.07) is -1.28. The van der Waals surface area contributed by atoms with E-state index < -0.39 is 73.9 Å². The number of hydrogen-bond donors (Lipinski definition) is 9. The third-order valence-corrected chi connectivity index (χ3v) is 4.29. The van der Waals surface area contributed by atoms with Crippen molar-refractivity contribution in [2.75, 3.05) is 6.61 Å². The molecule has 10 N–H and O–H groups in total. The van der Waals surface area contributed by atoms with E-state index in [1.807, 2.05) is 0 Å². The third-order valence-electron chi connectivity index (χ3n) is 4.29. The lowest BCUT2D eigenvalue weighted by atomic mass is 9.84. The predicted molar refractivity (Wildman–Crippen MR) is 70.6 cm³/mol. The van der Waals surface area contributed by atoms with Crippen molar-refractivity contribution in [3.8, 4) is 0 Å². The number of ether oxygens (including phenoxy) is 2. The molecule has 1 heterocycles. The maximum Gasteiger partial charge on any atom is 0.176 e. The first-order chi connectivity index (χ1) is 10.7. The molecule has 2 aliphatic rings. The largest absolute Gasteiger partial charge is 0.394 e. The Morgan fingerprint density at radius 3 is 1.70 bits per heavy atom.